The number of amides is 1. The maximum Gasteiger partial charge on any atom is 0.255 e. The van der Waals surface area contributed by atoms with Crippen molar-refractivity contribution < 1.29 is 4.79 Å². The van der Waals surface area contributed by atoms with Crippen molar-refractivity contribution in [3.63, 3.8) is 0 Å². The Morgan fingerprint density at radius 3 is 2.52 bits per heavy atom. The quantitative estimate of drug-likeness (QED) is 0.584. The highest BCUT2D eigenvalue weighted by atomic mass is 35.5. The number of halogens is 1. The molecule has 0 radical (unpaired) electrons. The van der Waals surface area contributed by atoms with Crippen LogP contribution in [0.4, 0.5) is 5.69 Å². The molecule has 0 aliphatic carbocycles. The molecule has 0 saturated carbocycles. The van der Waals surface area contributed by atoms with Crippen LogP contribution in [0.1, 0.15) is 42.4 Å². The molecule has 3 rings (SSSR count). The summed E-state index contributed by atoms with van der Waals surface area (Å²) in [5.41, 5.74) is 5.30. The van der Waals surface area contributed by atoms with Gasteiger partial charge in [-0.1, -0.05) is 50.6 Å². The lowest BCUT2D eigenvalue weighted by Crippen LogP contribution is -2.17. The summed E-state index contributed by atoms with van der Waals surface area (Å²) in [5, 5.41) is 3.68. The number of carbonyl (C=O) groups is 1. The normalized spacial score (nSPS) is 11.3. The number of hydrogen-bond acceptors (Lipinski definition) is 2. The highest BCUT2D eigenvalue weighted by Crippen LogP contribution is 2.29. The van der Waals surface area contributed by atoms with Gasteiger partial charge in [0.2, 0.25) is 0 Å². The van der Waals surface area contributed by atoms with Crippen LogP contribution >= 0.6 is 11.6 Å². The van der Waals surface area contributed by atoms with Crippen LogP contribution in [-0.4, -0.2) is 10.9 Å². The van der Waals surface area contributed by atoms with E-state index in [9.17, 15) is 4.79 Å². The molecule has 0 aliphatic heterocycles. The molecule has 0 unspecified atom stereocenters. The lowest BCUT2D eigenvalue weighted by molar-refractivity contribution is 0.102. The Bertz CT molecular complexity index is 990. The predicted molar refractivity (Wildman–Crippen MR) is 113 cm³/mol. The summed E-state index contributed by atoms with van der Waals surface area (Å²) in [5.74, 6) is -0.149. The van der Waals surface area contributed by atoms with E-state index in [1.807, 2.05) is 55.5 Å². The van der Waals surface area contributed by atoms with Crippen LogP contribution in [-0.2, 0) is 5.41 Å². The van der Waals surface area contributed by atoms with Crippen molar-refractivity contribution in [3.05, 3.63) is 82.6 Å². The summed E-state index contributed by atoms with van der Waals surface area (Å²) in [6.07, 6.45) is 1.68. The van der Waals surface area contributed by atoms with Gasteiger partial charge in [-0.3, -0.25) is 9.78 Å². The summed E-state index contributed by atoms with van der Waals surface area (Å²) in [6.45, 7) is 8.27. The molecule has 0 fully saturated rings. The lowest BCUT2D eigenvalue weighted by Gasteiger charge is -2.18. The molecular weight excluding hydrogens is 356 g/mol. The Balaban J connectivity index is 1.88. The minimum Gasteiger partial charge on any atom is -0.322 e. The number of nitrogens with one attached hydrogen (secondary N) is 1. The van der Waals surface area contributed by atoms with Gasteiger partial charge in [-0.05, 0) is 60.0 Å². The van der Waals surface area contributed by atoms with E-state index in [1.165, 1.54) is 0 Å². The predicted octanol–water partition coefficient (Wildman–Crippen LogP) is 6.26. The SMILES string of the molecule is Cc1ccc(NC(=O)c2ccnc(C(C)(C)C)c2)cc1-c1cccc(Cl)c1. The van der Waals surface area contributed by atoms with Crippen molar-refractivity contribution in [1.82, 2.24) is 4.98 Å². The highest BCUT2D eigenvalue weighted by Gasteiger charge is 2.17. The van der Waals surface area contributed by atoms with Crippen molar-refractivity contribution in [2.24, 2.45) is 0 Å². The lowest BCUT2D eigenvalue weighted by atomic mass is 9.91. The van der Waals surface area contributed by atoms with Crippen molar-refractivity contribution in [3.8, 4) is 11.1 Å². The first kappa shape index (κ1) is 19.1. The summed E-state index contributed by atoms with van der Waals surface area (Å²) in [4.78, 5) is 17.1. The van der Waals surface area contributed by atoms with Crippen LogP contribution in [0.15, 0.2) is 60.8 Å². The summed E-state index contributed by atoms with van der Waals surface area (Å²) in [6, 6.07) is 17.2. The molecule has 0 bridgehead atoms. The summed E-state index contributed by atoms with van der Waals surface area (Å²) >= 11 is 6.13. The van der Waals surface area contributed by atoms with Crippen molar-refractivity contribution >= 4 is 23.2 Å². The smallest absolute Gasteiger partial charge is 0.255 e. The minimum atomic E-state index is -0.149. The maximum absolute atomic E-state index is 12.7. The van der Waals surface area contributed by atoms with Crippen LogP contribution in [0.3, 0.4) is 0 Å². The maximum atomic E-state index is 12.7. The monoisotopic (exact) mass is 378 g/mol. The number of rotatable bonds is 3. The molecule has 2 aromatic carbocycles. The van der Waals surface area contributed by atoms with Gasteiger partial charge in [-0.2, -0.15) is 0 Å². The van der Waals surface area contributed by atoms with Gasteiger partial charge in [0.1, 0.15) is 0 Å². The average molecular weight is 379 g/mol. The van der Waals surface area contributed by atoms with E-state index >= 15 is 0 Å². The Morgan fingerprint density at radius 2 is 1.81 bits per heavy atom. The number of nitrogens with zero attached hydrogens (tertiary/aromatic N) is 1. The van der Waals surface area contributed by atoms with E-state index in [1.54, 1.807) is 12.3 Å². The number of carbonyl (C=O) groups excluding carboxylic acids is 1. The second-order valence-corrected chi connectivity index (χ2v) is 8.11. The van der Waals surface area contributed by atoms with E-state index in [4.69, 9.17) is 11.6 Å². The van der Waals surface area contributed by atoms with E-state index in [0.717, 1.165) is 28.1 Å². The Hall–Kier alpha value is -2.65. The number of pyridine rings is 1. The fourth-order valence-corrected chi connectivity index (χ4v) is 3.04. The van der Waals surface area contributed by atoms with Gasteiger partial charge >= 0.3 is 0 Å². The zero-order valence-electron chi connectivity index (χ0n) is 16.0. The van der Waals surface area contributed by atoms with Crippen LogP contribution in [0.2, 0.25) is 5.02 Å². The van der Waals surface area contributed by atoms with E-state index in [0.29, 0.717) is 10.6 Å². The average Bonchev–Trinajstić information content (AvgIpc) is 2.62. The second kappa shape index (κ2) is 7.53. The summed E-state index contributed by atoms with van der Waals surface area (Å²) < 4.78 is 0. The topological polar surface area (TPSA) is 42.0 Å². The number of benzene rings is 2. The van der Waals surface area contributed by atoms with E-state index < -0.39 is 0 Å². The molecule has 0 saturated heterocycles. The zero-order valence-corrected chi connectivity index (χ0v) is 16.8. The van der Waals surface area contributed by atoms with Crippen molar-refractivity contribution in [1.29, 1.82) is 0 Å². The summed E-state index contributed by atoms with van der Waals surface area (Å²) in [7, 11) is 0. The largest absolute Gasteiger partial charge is 0.322 e. The Kier molecular flexibility index (Phi) is 5.33. The van der Waals surface area contributed by atoms with E-state index in [-0.39, 0.29) is 11.3 Å². The molecule has 1 N–H and O–H groups in total. The van der Waals surface area contributed by atoms with Gasteiger partial charge in [0.25, 0.3) is 5.91 Å². The number of aromatic nitrogens is 1. The molecule has 0 atom stereocenters. The van der Waals surface area contributed by atoms with Gasteiger partial charge in [0.05, 0.1) is 0 Å². The first-order valence-electron chi connectivity index (χ1n) is 8.88. The first-order valence-corrected chi connectivity index (χ1v) is 9.26. The molecule has 1 heterocycles. The fraction of sp³-hybridized carbons (Fsp3) is 0.217. The molecule has 27 heavy (non-hydrogen) atoms. The molecule has 0 spiro atoms. The molecule has 1 aromatic heterocycles. The third-order valence-electron chi connectivity index (χ3n) is 4.42. The number of anilines is 1. The zero-order chi connectivity index (χ0) is 19.6. The van der Waals surface area contributed by atoms with Crippen molar-refractivity contribution in [2.75, 3.05) is 5.32 Å². The second-order valence-electron chi connectivity index (χ2n) is 7.67. The Labute approximate surface area is 165 Å². The van der Waals surface area contributed by atoms with Gasteiger partial charge < -0.3 is 5.32 Å². The van der Waals surface area contributed by atoms with Crippen LogP contribution in [0.25, 0.3) is 11.1 Å². The molecule has 138 valence electrons. The highest BCUT2D eigenvalue weighted by molar-refractivity contribution is 6.30. The molecule has 0 aliphatic rings. The molecule has 3 aromatic rings. The fourth-order valence-electron chi connectivity index (χ4n) is 2.85. The van der Waals surface area contributed by atoms with Gasteiger partial charge in [-0.25, -0.2) is 0 Å². The standard InChI is InChI=1S/C23H23ClN2O/c1-15-8-9-19(14-20(15)16-6-5-7-18(24)12-16)26-22(27)17-10-11-25-21(13-17)23(2,3)4/h5-14H,1-4H3,(H,26,27). The molecule has 4 heteroatoms. The van der Waals surface area contributed by atoms with E-state index in [2.05, 4.69) is 31.1 Å². The van der Waals surface area contributed by atoms with Gasteiger partial charge in [0.15, 0.2) is 0 Å². The van der Waals surface area contributed by atoms with Crippen LogP contribution in [0, 0.1) is 6.92 Å². The molecule has 1 amide bonds. The minimum absolute atomic E-state index is 0.111. The van der Waals surface area contributed by atoms with Gasteiger partial charge in [-0.15, -0.1) is 0 Å². The third kappa shape index (κ3) is 4.55. The molecule has 3 nitrogen and oxygen atoms in total. The molecular formula is C23H23ClN2O. The first-order chi connectivity index (χ1) is 12.7. The number of hydrogen-bond donors (Lipinski definition) is 1. The third-order valence-corrected chi connectivity index (χ3v) is 4.66. The van der Waals surface area contributed by atoms with Crippen LogP contribution in [0.5, 0.6) is 0 Å². The number of aryl methyl sites for hydroxylation is 1. The van der Waals surface area contributed by atoms with Crippen molar-refractivity contribution in [2.45, 2.75) is 33.1 Å². The van der Waals surface area contributed by atoms with Gasteiger partial charge in [0, 0.05) is 33.6 Å². The van der Waals surface area contributed by atoms with Crippen LogP contribution < -0.4 is 5.32 Å². The Morgan fingerprint density at radius 1 is 1.04 bits per heavy atom.